The van der Waals surface area contributed by atoms with Gasteiger partial charge in [0.2, 0.25) is 5.91 Å². The fourth-order valence-electron chi connectivity index (χ4n) is 3.05. The van der Waals surface area contributed by atoms with Gasteiger partial charge in [-0.25, -0.2) is 0 Å². The van der Waals surface area contributed by atoms with Gasteiger partial charge in [-0.1, -0.05) is 20.8 Å². The molecule has 1 aliphatic heterocycles. The molecule has 2 atom stereocenters. The Hall–Kier alpha value is -1.04. The molecule has 2 rings (SSSR count). The van der Waals surface area contributed by atoms with Crippen LogP contribution in [0.5, 0.6) is 0 Å². The normalized spacial score (nSPS) is 33.6. The Morgan fingerprint density at radius 2 is 1.75 bits per heavy atom. The van der Waals surface area contributed by atoms with E-state index in [4.69, 9.17) is 5.26 Å². The fourth-order valence-corrected chi connectivity index (χ4v) is 3.05. The number of hydrogen-bond donors (Lipinski definition) is 0. The summed E-state index contributed by atoms with van der Waals surface area (Å²) >= 11 is 0. The number of nitrogens with zero attached hydrogens (tertiary/aromatic N) is 2. The number of likely N-dealkylation sites (tertiary alicyclic amines) is 1. The van der Waals surface area contributed by atoms with Crippen molar-refractivity contribution in [3.63, 3.8) is 0 Å². The van der Waals surface area contributed by atoms with Crippen LogP contribution in [0, 0.1) is 34.5 Å². The van der Waals surface area contributed by atoms with Gasteiger partial charge in [-0.15, -0.1) is 0 Å². The van der Waals surface area contributed by atoms with Gasteiger partial charge in [0.05, 0.1) is 6.07 Å². The monoisotopic (exact) mass is 220 g/mol. The van der Waals surface area contributed by atoms with E-state index < -0.39 is 0 Å². The molecular weight excluding hydrogens is 200 g/mol. The van der Waals surface area contributed by atoms with Crippen molar-refractivity contribution in [3.8, 4) is 6.07 Å². The quantitative estimate of drug-likeness (QED) is 0.627. The highest BCUT2D eigenvalue weighted by Gasteiger charge is 2.43. The summed E-state index contributed by atoms with van der Waals surface area (Å²) in [6, 6.07) is 2.36. The number of nitriles is 1. The Kier molecular flexibility index (Phi) is 2.69. The van der Waals surface area contributed by atoms with Crippen molar-refractivity contribution in [1.29, 1.82) is 5.26 Å². The highest BCUT2D eigenvalue weighted by molar-refractivity contribution is 5.81. The molecule has 0 radical (unpaired) electrons. The molecule has 3 nitrogen and oxygen atoms in total. The molecule has 1 heterocycles. The van der Waals surface area contributed by atoms with E-state index in [-0.39, 0.29) is 17.2 Å². The Balaban J connectivity index is 1.98. The van der Waals surface area contributed by atoms with Crippen molar-refractivity contribution in [2.24, 2.45) is 23.2 Å². The summed E-state index contributed by atoms with van der Waals surface area (Å²) in [5, 5.41) is 8.89. The molecule has 0 aromatic carbocycles. The first kappa shape index (κ1) is 11.4. The molecule has 2 unspecified atom stereocenters. The number of carbonyl (C=O) groups excluding carboxylic acids is 1. The molecule has 2 fully saturated rings. The molecule has 0 N–H and O–H groups in total. The summed E-state index contributed by atoms with van der Waals surface area (Å²) in [6.45, 7) is 7.67. The third-order valence-electron chi connectivity index (χ3n) is 3.86. The van der Waals surface area contributed by atoms with Gasteiger partial charge >= 0.3 is 0 Å². The zero-order valence-electron chi connectivity index (χ0n) is 10.4. The Labute approximate surface area is 97.4 Å². The van der Waals surface area contributed by atoms with Gasteiger partial charge in [0.25, 0.3) is 0 Å². The van der Waals surface area contributed by atoms with Crippen LogP contribution in [0.2, 0.25) is 0 Å². The lowest BCUT2D eigenvalue weighted by Crippen LogP contribution is -2.38. The Morgan fingerprint density at radius 3 is 2.12 bits per heavy atom. The zero-order chi connectivity index (χ0) is 11.9. The molecule has 16 heavy (non-hydrogen) atoms. The van der Waals surface area contributed by atoms with Gasteiger partial charge in [-0.3, -0.25) is 4.79 Å². The minimum Gasteiger partial charge on any atom is -0.342 e. The maximum Gasteiger partial charge on any atom is 0.227 e. The highest BCUT2D eigenvalue weighted by atomic mass is 16.2. The Morgan fingerprint density at radius 1 is 1.25 bits per heavy atom. The van der Waals surface area contributed by atoms with Gasteiger partial charge < -0.3 is 4.90 Å². The van der Waals surface area contributed by atoms with Crippen LogP contribution in [0.4, 0.5) is 0 Å². The van der Waals surface area contributed by atoms with Crippen molar-refractivity contribution >= 4 is 5.91 Å². The number of carbonyl (C=O) groups is 1. The summed E-state index contributed by atoms with van der Waals surface area (Å²) in [5.74, 6) is 1.66. The molecule has 0 spiro atoms. The van der Waals surface area contributed by atoms with E-state index in [1.54, 1.807) is 0 Å². The lowest BCUT2D eigenvalue weighted by molar-refractivity contribution is -0.138. The number of amides is 1. The van der Waals surface area contributed by atoms with Crippen LogP contribution in [0.1, 0.15) is 33.6 Å². The van der Waals surface area contributed by atoms with E-state index in [1.165, 1.54) is 0 Å². The second-order valence-electron chi connectivity index (χ2n) is 6.28. The number of hydrogen-bond acceptors (Lipinski definition) is 2. The zero-order valence-corrected chi connectivity index (χ0v) is 10.4. The molecule has 0 aromatic heterocycles. The van der Waals surface area contributed by atoms with Crippen LogP contribution in [0.15, 0.2) is 0 Å². The standard InChI is InChI=1S/C13H20N2O/c1-13(2,3)12(16)15-7-10-4-9(6-14)5-11(10)8-15/h9-11H,4-5,7-8H2,1-3H3. The summed E-state index contributed by atoms with van der Waals surface area (Å²) in [7, 11) is 0. The smallest absolute Gasteiger partial charge is 0.227 e. The van der Waals surface area contributed by atoms with E-state index in [0.29, 0.717) is 11.8 Å². The average molecular weight is 220 g/mol. The average Bonchev–Trinajstić information content (AvgIpc) is 2.71. The van der Waals surface area contributed by atoms with Crippen LogP contribution in [-0.2, 0) is 4.79 Å². The van der Waals surface area contributed by atoms with Crippen molar-refractivity contribution in [1.82, 2.24) is 4.90 Å². The van der Waals surface area contributed by atoms with Gasteiger partial charge in [-0.2, -0.15) is 5.26 Å². The summed E-state index contributed by atoms with van der Waals surface area (Å²) in [4.78, 5) is 14.1. The highest BCUT2D eigenvalue weighted by Crippen LogP contribution is 2.42. The lowest BCUT2D eigenvalue weighted by atomic mass is 9.94. The minimum atomic E-state index is -0.271. The van der Waals surface area contributed by atoms with Crippen molar-refractivity contribution in [2.75, 3.05) is 13.1 Å². The minimum absolute atomic E-state index is 0.238. The molecule has 88 valence electrons. The van der Waals surface area contributed by atoms with Crippen LogP contribution >= 0.6 is 0 Å². The molecule has 1 amide bonds. The molecule has 1 saturated carbocycles. The second kappa shape index (κ2) is 3.76. The molecule has 1 saturated heterocycles. The molecule has 0 aromatic rings. The second-order valence-corrected chi connectivity index (χ2v) is 6.28. The first-order valence-electron chi connectivity index (χ1n) is 6.11. The van der Waals surface area contributed by atoms with Crippen LogP contribution in [0.3, 0.4) is 0 Å². The van der Waals surface area contributed by atoms with E-state index >= 15 is 0 Å². The predicted molar refractivity (Wildman–Crippen MR) is 61.4 cm³/mol. The first-order valence-corrected chi connectivity index (χ1v) is 6.11. The maximum absolute atomic E-state index is 12.1. The summed E-state index contributed by atoms with van der Waals surface area (Å²) in [6.07, 6.45) is 1.99. The van der Waals surface area contributed by atoms with E-state index in [9.17, 15) is 4.79 Å². The number of fused-ring (bicyclic) bond motifs is 1. The van der Waals surface area contributed by atoms with Crippen LogP contribution in [0.25, 0.3) is 0 Å². The molecular formula is C13H20N2O. The van der Waals surface area contributed by atoms with Gasteiger partial charge in [0.1, 0.15) is 0 Å². The molecule has 1 aliphatic carbocycles. The lowest BCUT2D eigenvalue weighted by Gasteiger charge is -2.26. The van der Waals surface area contributed by atoms with Crippen LogP contribution < -0.4 is 0 Å². The van der Waals surface area contributed by atoms with Crippen molar-refractivity contribution in [2.45, 2.75) is 33.6 Å². The topological polar surface area (TPSA) is 44.1 Å². The van der Waals surface area contributed by atoms with Gasteiger partial charge in [-0.05, 0) is 24.7 Å². The molecule has 3 heteroatoms. The van der Waals surface area contributed by atoms with Crippen LogP contribution in [-0.4, -0.2) is 23.9 Å². The van der Waals surface area contributed by atoms with Crippen molar-refractivity contribution in [3.05, 3.63) is 0 Å². The van der Waals surface area contributed by atoms with Gasteiger partial charge in [0.15, 0.2) is 0 Å². The predicted octanol–water partition coefficient (Wildman–Crippen LogP) is 2.04. The molecule has 2 aliphatic rings. The van der Waals surface area contributed by atoms with Gasteiger partial charge in [0, 0.05) is 24.4 Å². The third kappa shape index (κ3) is 1.93. The summed E-state index contributed by atoms with van der Waals surface area (Å²) < 4.78 is 0. The Bertz CT molecular complexity index is 323. The third-order valence-corrected chi connectivity index (χ3v) is 3.86. The van der Waals surface area contributed by atoms with Crippen molar-refractivity contribution < 1.29 is 4.79 Å². The SMILES string of the molecule is CC(C)(C)C(=O)N1CC2CC(C#N)CC2C1. The first-order chi connectivity index (χ1) is 7.41. The maximum atomic E-state index is 12.1. The van der Waals surface area contributed by atoms with E-state index in [0.717, 1.165) is 25.9 Å². The largest absolute Gasteiger partial charge is 0.342 e. The molecule has 0 bridgehead atoms. The van der Waals surface area contributed by atoms with E-state index in [2.05, 4.69) is 6.07 Å². The van der Waals surface area contributed by atoms with E-state index in [1.807, 2.05) is 25.7 Å². The number of rotatable bonds is 0. The fraction of sp³-hybridized carbons (Fsp3) is 0.846. The summed E-state index contributed by atoms with van der Waals surface area (Å²) in [5.41, 5.74) is -0.271.